The van der Waals surface area contributed by atoms with E-state index in [4.69, 9.17) is 0 Å². The number of ketones is 2. The molecular formula is C17H12O6. The van der Waals surface area contributed by atoms with Crippen molar-refractivity contribution in [3.05, 3.63) is 57.6 Å². The Morgan fingerprint density at radius 2 is 1.57 bits per heavy atom. The monoisotopic (exact) mass is 312 g/mol. The highest BCUT2D eigenvalue weighted by Crippen LogP contribution is 2.36. The molecule has 0 fully saturated rings. The molecule has 0 spiro atoms. The molecule has 1 aliphatic rings. The molecule has 6 heteroatoms. The van der Waals surface area contributed by atoms with E-state index < -0.39 is 23.3 Å². The number of carbonyl (C=O) groups excluding carboxylic acids is 3. The summed E-state index contributed by atoms with van der Waals surface area (Å²) >= 11 is 0. The fraction of sp³-hybridized carbons (Fsp3) is 0.118. The SMILES string of the molecule is COC(=O)c1cc2c(cc1O)C(=O)c1c(O)cc(C)cc1C2=O. The third-order valence-corrected chi connectivity index (χ3v) is 3.76. The van der Waals surface area contributed by atoms with Crippen molar-refractivity contribution in [2.24, 2.45) is 0 Å². The molecular weight excluding hydrogens is 300 g/mol. The Bertz CT molecular complexity index is 894. The lowest BCUT2D eigenvalue weighted by Gasteiger charge is -2.20. The number of hydrogen-bond acceptors (Lipinski definition) is 6. The van der Waals surface area contributed by atoms with Crippen molar-refractivity contribution in [3.63, 3.8) is 0 Å². The van der Waals surface area contributed by atoms with Gasteiger partial charge in [0.2, 0.25) is 0 Å². The molecule has 0 aromatic heterocycles. The second-order valence-electron chi connectivity index (χ2n) is 5.27. The number of benzene rings is 2. The lowest BCUT2D eigenvalue weighted by atomic mass is 9.82. The van der Waals surface area contributed by atoms with Gasteiger partial charge in [-0.15, -0.1) is 0 Å². The van der Waals surface area contributed by atoms with Crippen LogP contribution in [0.2, 0.25) is 0 Å². The van der Waals surface area contributed by atoms with Crippen molar-refractivity contribution in [3.8, 4) is 11.5 Å². The van der Waals surface area contributed by atoms with Gasteiger partial charge >= 0.3 is 5.97 Å². The largest absolute Gasteiger partial charge is 0.507 e. The number of hydrogen-bond donors (Lipinski definition) is 2. The zero-order valence-electron chi connectivity index (χ0n) is 12.3. The van der Waals surface area contributed by atoms with E-state index in [1.54, 1.807) is 6.92 Å². The van der Waals surface area contributed by atoms with Gasteiger partial charge in [0.15, 0.2) is 11.6 Å². The van der Waals surface area contributed by atoms with Crippen molar-refractivity contribution in [2.45, 2.75) is 6.92 Å². The topological polar surface area (TPSA) is 101 Å². The van der Waals surface area contributed by atoms with E-state index >= 15 is 0 Å². The zero-order chi connectivity index (χ0) is 16.9. The molecule has 2 aromatic carbocycles. The predicted octanol–water partition coefficient (Wildman–Crippen LogP) is 1.97. The van der Waals surface area contributed by atoms with Crippen molar-refractivity contribution < 1.29 is 29.3 Å². The van der Waals surface area contributed by atoms with E-state index in [1.807, 2.05) is 0 Å². The summed E-state index contributed by atoms with van der Waals surface area (Å²) in [5.41, 5.74) is 0.322. The van der Waals surface area contributed by atoms with Crippen LogP contribution >= 0.6 is 0 Å². The molecule has 0 bridgehead atoms. The van der Waals surface area contributed by atoms with Gasteiger partial charge in [-0.1, -0.05) is 0 Å². The van der Waals surface area contributed by atoms with Gasteiger partial charge < -0.3 is 14.9 Å². The van der Waals surface area contributed by atoms with Crippen LogP contribution in [-0.2, 0) is 4.74 Å². The third kappa shape index (κ3) is 2.07. The Kier molecular flexibility index (Phi) is 3.18. The summed E-state index contributed by atoms with van der Waals surface area (Å²) in [6.07, 6.45) is 0. The number of esters is 1. The lowest BCUT2D eigenvalue weighted by molar-refractivity contribution is 0.0597. The maximum atomic E-state index is 12.6. The molecule has 0 amide bonds. The molecule has 116 valence electrons. The maximum Gasteiger partial charge on any atom is 0.341 e. The van der Waals surface area contributed by atoms with E-state index in [1.165, 1.54) is 12.1 Å². The Hall–Kier alpha value is -3.15. The van der Waals surface area contributed by atoms with E-state index in [2.05, 4.69) is 4.74 Å². The normalized spacial score (nSPS) is 12.6. The number of ether oxygens (including phenoxy) is 1. The standard InChI is InChI=1S/C17H12O6/c1-7-3-11-14(13(19)4-7)16(21)9-6-12(18)10(17(22)23-2)5-8(9)15(11)20/h3-6,18-19H,1-2H3. The minimum atomic E-state index is -0.816. The summed E-state index contributed by atoms with van der Waals surface area (Å²) in [6.45, 7) is 1.68. The summed E-state index contributed by atoms with van der Waals surface area (Å²) in [5, 5.41) is 19.9. The van der Waals surface area contributed by atoms with E-state index in [0.29, 0.717) is 5.56 Å². The first-order valence-electron chi connectivity index (χ1n) is 6.73. The Morgan fingerprint density at radius 3 is 2.22 bits per heavy atom. The smallest absolute Gasteiger partial charge is 0.341 e. The quantitative estimate of drug-likeness (QED) is 0.666. The molecule has 6 nitrogen and oxygen atoms in total. The first-order valence-corrected chi connectivity index (χ1v) is 6.73. The van der Waals surface area contributed by atoms with Crippen LogP contribution in [0.4, 0.5) is 0 Å². The zero-order valence-corrected chi connectivity index (χ0v) is 12.3. The summed E-state index contributed by atoms with van der Waals surface area (Å²) in [6, 6.07) is 5.07. The Morgan fingerprint density at radius 1 is 0.913 bits per heavy atom. The molecule has 0 heterocycles. The van der Waals surface area contributed by atoms with Gasteiger partial charge in [0.25, 0.3) is 0 Å². The molecule has 23 heavy (non-hydrogen) atoms. The summed E-state index contributed by atoms with van der Waals surface area (Å²) in [5.74, 6) is -2.66. The van der Waals surface area contributed by atoms with Crippen LogP contribution in [0.25, 0.3) is 0 Å². The number of aromatic hydroxyl groups is 2. The van der Waals surface area contributed by atoms with Crippen LogP contribution in [-0.4, -0.2) is 34.9 Å². The number of carbonyl (C=O) groups is 3. The lowest BCUT2D eigenvalue weighted by Crippen LogP contribution is -2.22. The summed E-state index contributed by atoms with van der Waals surface area (Å²) < 4.78 is 4.54. The fourth-order valence-corrected chi connectivity index (χ4v) is 2.70. The summed E-state index contributed by atoms with van der Waals surface area (Å²) in [7, 11) is 1.14. The predicted molar refractivity (Wildman–Crippen MR) is 79.2 cm³/mol. The van der Waals surface area contributed by atoms with Gasteiger partial charge in [-0.05, 0) is 36.8 Å². The molecule has 0 saturated heterocycles. The molecule has 3 rings (SSSR count). The highest BCUT2D eigenvalue weighted by atomic mass is 16.5. The van der Waals surface area contributed by atoms with E-state index in [-0.39, 0.29) is 33.6 Å². The van der Waals surface area contributed by atoms with Crippen LogP contribution in [0.15, 0.2) is 24.3 Å². The van der Waals surface area contributed by atoms with Gasteiger partial charge in [0.1, 0.15) is 17.1 Å². The minimum absolute atomic E-state index is 0.00861. The average molecular weight is 312 g/mol. The molecule has 2 N–H and O–H groups in total. The first kappa shape index (κ1) is 14.8. The molecule has 0 unspecified atom stereocenters. The molecule has 0 radical (unpaired) electrons. The molecule has 0 atom stereocenters. The second kappa shape index (κ2) is 4.95. The highest BCUT2D eigenvalue weighted by molar-refractivity contribution is 6.29. The maximum absolute atomic E-state index is 12.6. The van der Waals surface area contributed by atoms with Gasteiger partial charge in [-0.2, -0.15) is 0 Å². The van der Waals surface area contributed by atoms with Crippen LogP contribution in [0, 0.1) is 6.92 Å². The number of phenols is 2. The van der Waals surface area contributed by atoms with E-state index in [0.717, 1.165) is 19.2 Å². The van der Waals surface area contributed by atoms with Gasteiger partial charge in [0, 0.05) is 16.7 Å². The van der Waals surface area contributed by atoms with Gasteiger partial charge in [0.05, 0.1) is 12.7 Å². The first-order chi connectivity index (χ1) is 10.8. The Balaban J connectivity index is 2.30. The Labute approximate surface area is 130 Å². The number of fused-ring (bicyclic) bond motifs is 2. The van der Waals surface area contributed by atoms with E-state index in [9.17, 15) is 24.6 Å². The molecule has 0 saturated carbocycles. The number of methoxy groups -OCH3 is 1. The van der Waals surface area contributed by atoms with Crippen LogP contribution in [0.5, 0.6) is 11.5 Å². The van der Waals surface area contributed by atoms with Crippen molar-refractivity contribution in [1.29, 1.82) is 0 Å². The molecule has 1 aliphatic carbocycles. The van der Waals surface area contributed by atoms with Gasteiger partial charge in [-0.25, -0.2) is 4.79 Å². The fourth-order valence-electron chi connectivity index (χ4n) is 2.70. The van der Waals surface area contributed by atoms with Crippen LogP contribution in [0.3, 0.4) is 0 Å². The minimum Gasteiger partial charge on any atom is -0.507 e. The number of phenolic OH excluding ortho intramolecular Hbond substituents is 2. The number of rotatable bonds is 1. The van der Waals surface area contributed by atoms with Crippen molar-refractivity contribution in [1.82, 2.24) is 0 Å². The molecule has 2 aromatic rings. The van der Waals surface area contributed by atoms with Crippen molar-refractivity contribution in [2.75, 3.05) is 7.11 Å². The number of aryl methyl sites for hydroxylation is 1. The summed E-state index contributed by atoms with van der Waals surface area (Å²) in [4.78, 5) is 36.8. The van der Waals surface area contributed by atoms with Crippen LogP contribution < -0.4 is 0 Å². The molecule has 0 aliphatic heterocycles. The highest BCUT2D eigenvalue weighted by Gasteiger charge is 2.34. The van der Waals surface area contributed by atoms with Gasteiger partial charge in [-0.3, -0.25) is 9.59 Å². The second-order valence-corrected chi connectivity index (χ2v) is 5.27. The van der Waals surface area contributed by atoms with Crippen LogP contribution in [0.1, 0.15) is 47.8 Å². The average Bonchev–Trinajstić information content (AvgIpc) is 2.50. The third-order valence-electron chi connectivity index (χ3n) is 3.76. The van der Waals surface area contributed by atoms with Crippen molar-refractivity contribution >= 4 is 17.5 Å².